The average Bonchev–Trinajstić information content (AvgIpc) is 3.22. The predicted molar refractivity (Wildman–Crippen MR) is 112 cm³/mol. The van der Waals surface area contributed by atoms with Crippen molar-refractivity contribution >= 4 is 17.5 Å². The molecular weight excluding hydrogens is 400 g/mol. The van der Waals surface area contributed by atoms with Gasteiger partial charge >= 0.3 is 0 Å². The van der Waals surface area contributed by atoms with E-state index in [2.05, 4.69) is 15.3 Å². The number of ketones is 1. The number of benzene rings is 2. The van der Waals surface area contributed by atoms with Crippen LogP contribution in [0, 0.1) is 0 Å². The summed E-state index contributed by atoms with van der Waals surface area (Å²) in [5, 5.41) is 2.96. The first-order chi connectivity index (χ1) is 14.9. The fraction of sp³-hybridized carbons (Fsp3) is 0.182. The third-order valence-electron chi connectivity index (χ3n) is 4.65. The fourth-order valence-corrected chi connectivity index (χ4v) is 2.85. The van der Waals surface area contributed by atoms with Gasteiger partial charge in [-0.3, -0.25) is 9.59 Å². The molecule has 2 aromatic carbocycles. The van der Waals surface area contributed by atoms with Crippen molar-refractivity contribution in [3.8, 4) is 34.4 Å². The van der Waals surface area contributed by atoms with E-state index in [9.17, 15) is 9.59 Å². The summed E-state index contributed by atoms with van der Waals surface area (Å²) in [4.78, 5) is 31.9. The van der Waals surface area contributed by atoms with Gasteiger partial charge in [0.15, 0.2) is 23.1 Å². The second kappa shape index (κ2) is 8.31. The van der Waals surface area contributed by atoms with E-state index in [1.54, 1.807) is 49.4 Å². The highest BCUT2D eigenvalue weighted by Gasteiger charge is 2.15. The Kier molecular flexibility index (Phi) is 5.40. The van der Waals surface area contributed by atoms with E-state index in [0.29, 0.717) is 40.2 Å². The Morgan fingerprint density at radius 1 is 1.03 bits per heavy atom. The van der Waals surface area contributed by atoms with Crippen molar-refractivity contribution in [3.63, 3.8) is 0 Å². The maximum atomic E-state index is 11.7. The maximum absolute atomic E-state index is 11.7. The first-order valence-corrected chi connectivity index (χ1v) is 9.53. The number of rotatable bonds is 7. The first-order valence-electron chi connectivity index (χ1n) is 9.53. The average molecular weight is 420 g/mol. The lowest BCUT2D eigenvalue weighted by molar-refractivity contribution is -0.117. The second-order valence-electron chi connectivity index (χ2n) is 6.94. The number of hydrogen-bond donors (Lipinski definition) is 2. The van der Waals surface area contributed by atoms with Gasteiger partial charge in [-0.05, 0) is 50.2 Å². The van der Waals surface area contributed by atoms with Crippen LogP contribution in [0.4, 0.5) is 5.82 Å². The van der Waals surface area contributed by atoms with Crippen molar-refractivity contribution in [2.45, 2.75) is 19.9 Å². The number of nitrogens with zero attached hydrogens (tertiary/aromatic N) is 2. The number of aromatic nitrogens is 2. The molecule has 1 aliphatic rings. The number of hydrogen-bond acceptors (Lipinski definition) is 8. The van der Waals surface area contributed by atoms with Crippen molar-refractivity contribution < 1.29 is 23.8 Å². The molecule has 1 amide bonds. The van der Waals surface area contributed by atoms with Gasteiger partial charge in [-0.1, -0.05) is 0 Å². The molecule has 0 unspecified atom stereocenters. The zero-order valence-corrected chi connectivity index (χ0v) is 16.9. The molecule has 158 valence electrons. The zero-order chi connectivity index (χ0) is 22.0. The van der Waals surface area contributed by atoms with E-state index >= 15 is 0 Å². The number of ether oxygens (including phenoxy) is 3. The highest BCUT2D eigenvalue weighted by atomic mass is 16.7. The van der Waals surface area contributed by atoms with Gasteiger partial charge in [-0.2, -0.15) is 0 Å². The lowest BCUT2D eigenvalue weighted by atomic mass is 10.2. The second-order valence-corrected chi connectivity index (χ2v) is 6.94. The number of nitrogens with one attached hydrogen (secondary N) is 1. The van der Waals surface area contributed by atoms with Gasteiger partial charge in [-0.25, -0.2) is 9.97 Å². The molecule has 0 spiro atoms. The van der Waals surface area contributed by atoms with Crippen molar-refractivity contribution in [3.05, 3.63) is 54.2 Å². The molecule has 0 saturated heterocycles. The normalized spacial score (nSPS) is 12.8. The van der Waals surface area contributed by atoms with Crippen LogP contribution in [0.1, 0.15) is 24.3 Å². The van der Waals surface area contributed by atoms with E-state index < -0.39 is 11.9 Å². The van der Waals surface area contributed by atoms with Gasteiger partial charge in [0.25, 0.3) is 5.91 Å². The summed E-state index contributed by atoms with van der Waals surface area (Å²) in [7, 11) is 0. The molecule has 2 heterocycles. The minimum atomic E-state index is -0.690. The van der Waals surface area contributed by atoms with Crippen LogP contribution in [0.5, 0.6) is 23.0 Å². The standard InChI is InChI=1S/C22H20N4O5/c1-12(13(2)27)24-20-10-17(21(23)28)25-22(26-20)14-3-5-15(6-4-14)31-16-7-8-18-19(9-16)30-11-29-18/h3-10,12H,11H2,1-2H3,(H2,23,28)(H,24,25,26)/t12-/m0/s1. The molecule has 9 nitrogen and oxygen atoms in total. The Morgan fingerprint density at radius 2 is 1.74 bits per heavy atom. The van der Waals surface area contributed by atoms with Crippen molar-refractivity contribution in [2.24, 2.45) is 5.73 Å². The Bertz CT molecular complexity index is 1150. The maximum Gasteiger partial charge on any atom is 0.267 e. The summed E-state index contributed by atoms with van der Waals surface area (Å²) in [5.41, 5.74) is 6.10. The van der Waals surface area contributed by atoms with Crippen LogP contribution < -0.4 is 25.3 Å². The summed E-state index contributed by atoms with van der Waals surface area (Å²) in [6.07, 6.45) is 0. The fourth-order valence-electron chi connectivity index (χ4n) is 2.85. The number of anilines is 1. The molecule has 0 bridgehead atoms. The van der Waals surface area contributed by atoms with E-state index in [1.807, 2.05) is 0 Å². The largest absolute Gasteiger partial charge is 0.457 e. The third kappa shape index (κ3) is 4.55. The molecule has 4 rings (SSSR count). The van der Waals surface area contributed by atoms with Gasteiger partial charge in [0.05, 0.1) is 6.04 Å². The summed E-state index contributed by atoms with van der Waals surface area (Å²) in [6.45, 7) is 3.36. The third-order valence-corrected chi connectivity index (χ3v) is 4.65. The summed E-state index contributed by atoms with van der Waals surface area (Å²) >= 11 is 0. The molecular formula is C22H20N4O5. The molecule has 1 aliphatic heterocycles. The van der Waals surface area contributed by atoms with E-state index in [4.69, 9.17) is 19.9 Å². The lowest BCUT2D eigenvalue weighted by Crippen LogP contribution is -2.25. The topological polar surface area (TPSA) is 126 Å². The van der Waals surface area contributed by atoms with Crippen LogP contribution in [-0.2, 0) is 4.79 Å². The van der Waals surface area contributed by atoms with Crippen LogP contribution in [0.15, 0.2) is 48.5 Å². The number of fused-ring (bicyclic) bond motifs is 1. The van der Waals surface area contributed by atoms with Gasteiger partial charge in [0.1, 0.15) is 23.0 Å². The first kappa shape index (κ1) is 20.1. The number of primary amides is 1. The number of nitrogens with two attached hydrogens (primary N) is 1. The Hall–Kier alpha value is -4.14. The number of amides is 1. The van der Waals surface area contributed by atoms with Crippen LogP contribution in [0.25, 0.3) is 11.4 Å². The number of Topliss-reactive ketones (excluding diaryl/α,β-unsaturated/α-hetero) is 1. The minimum absolute atomic E-state index is 0.0453. The van der Waals surface area contributed by atoms with Crippen molar-refractivity contribution in [2.75, 3.05) is 12.1 Å². The molecule has 0 fully saturated rings. The van der Waals surface area contributed by atoms with E-state index in [-0.39, 0.29) is 18.3 Å². The lowest BCUT2D eigenvalue weighted by Gasteiger charge is -2.13. The highest BCUT2D eigenvalue weighted by molar-refractivity contribution is 5.92. The predicted octanol–water partition coefficient (Wildman–Crippen LogP) is 3.15. The highest BCUT2D eigenvalue weighted by Crippen LogP contribution is 2.36. The van der Waals surface area contributed by atoms with Gasteiger partial charge < -0.3 is 25.3 Å². The Labute approximate surface area is 178 Å². The molecule has 9 heteroatoms. The number of carbonyl (C=O) groups is 2. The van der Waals surface area contributed by atoms with Crippen LogP contribution >= 0.6 is 0 Å². The van der Waals surface area contributed by atoms with Crippen LogP contribution in [0.3, 0.4) is 0 Å². The molecule has 0 radical (unpaired) electrons. The monoisotopic (exact) mass is 420 g/mol. The number of carbonyl (C=O) groups excluding carboxylic acids is 2. The van der Waals surface area contributed by atoms with Gasteiger partial charge in [0.2, 0.25) is 6.79 Å². The van der Waals surface area contributed by atoms with E-state index in [1.165, 1.54) is 13.0 Å². The summed E-state index contributed by atoms with van der Waals surface area (Å²) in [5.74, 6) is 2.39. The van der Waals surface area contributed by atoms with Crippen LogP contribution in [0.2, 0.25) is 0 Å². The molecule has 1 atom stereocenters. The van der Waals surface area contributed by atoms with Crippen molar-refractivity contribution in [1.82, 2.24) is 9.97 Å². The van der Waals surface area contributed by atoms with Crippen molar-refractivity contribution in [1.29, 1.82) is 0 Å². The summed E-state index contributed by atoms with van der Waals surface area (Å²) < 4.78 is 16.5. The molecule has 0 aliphatic carbocycles. The molecule has 31 heavy (non-hydrogen) atoms. The smallest absolute Gasteiger partial charge is 0.267 e. The summed E-state index contributed by atoms with van der Waals surface area (Å²) in [6, 6.07) is 13.3. The van der Waals surface area contributed by atoms with Gasteiger partial charge in [-0.15, -0.1) is 0 Å². The minimum Gasteiger partial charge on any atom is -0.457 e. The van der Waals surface area contributed by atoms with Gasteiger partial charge in [0, 0.05) is 17.7 Å². The quantitative estimate of drug-likeness (QED) is 0.597. The molecule has 3 aromatic rings. The Morgan fingerprint density at radius 3 is 2.45 bits per heavy atom. The Balaban J connectivity index is 1.57. The molecule has 0 saturated carbocycles. The van der Waals surface area contributed by atoms with E-state index in [0.717, 1.165) is 0 Å². The van der Waals surface area contributed by atoms with Crippen LogP contribution in [-0.4, -0.2) is 34.5 Å². The molecule has 3 N–H and O–H groups in total. The SMILES string of the molecule is CC(=O)[C@H](C)Nc1cc(C(N)=O)nc(-c2ccc(Oc3ccc4c(c3)OCO4)cc2)n1. The molecule has 1 aromatic heterocycles. The zero-order valence-electron chi connectivity index (χ0n) is 16.9.